The average Bonchev–Trinajstić information content (AvgIpc) is 3.01. The first-order chi connectivity index (χ1) is 10.4. The van der Waals surface area contributed by atoms with Gasteiger partial charge in [0, 0.05) is 10.5 Å². The predicted octanol–water partition coefficient (Wildman–Crippen LogP) is 5.03. The lowest BCUT2D eigenvalue weighted by Crippen LogP contribution is -1.92. The molecule has 0 saturated heterocycles. The zero-order valence-electron chi connectivity index (χ0n) is 11.3. The fraction of sp³-hybridized carbons (Fsp3) is 0. The number of hydrogen-bond acceptors (Lipinski definition) is 3. The monoisotopic (exact) mass is 294 g/mol. The van der Waals surface area contributed by atoms with Gasteiger partial charge in [0.05, 0.1) is 25.0 Å². The maximum absolute atomic E-state index is 5.38. The average molecular weight is 294 g/mol. The van der Waals surface area contributed by atoms with Crippen LogP contribution in [0.5, 0.6) is 0 Å². The molecule has 0 saturated carbocycles. The highest BCUT2D eigenvalue weighted by atomic mass is 32.2. The molecule has 0 atom stereocenters. The topological polar surface area (TPSA) is 18.5 Å². The van der Waals surface area contributed by atoms with E-state index in [9.17, 15) is 0 Å². The van der Waals surface area contributed by atoms with E-state index in [1.807, 2.05) is 48.6 Å². The lowest BCUT2D eigenvalue weighted by Gasteiger charge is -2.11. The Morgan fingerprint density at radius 3 is 2.62 bits per heavy atom. The van der Waals surface area contributed by atoms with E-state index >= 15 is 0 Å². The fourth-order valence-corrected chi connectivity index (χ4v) is 2.89. The molecule has 21 heavy (non-hydrogen) atoms. The van der Waals surface area contributed by atoms with E-state index in [0.29, 0.717) is 0 Å². The summed E-state index contributed by atoms with van der Waals surface area (Å²) in [6.07, 6.45) is 24.7. The van der Waals surface area contributed by atoms with Gasteiger partial charge in [-0.25, -0.2) is 0 Å². The Morgan fingerprint density at radius 1 is 0.714 bits per heavy atom. The third-order valence-corrected chi connectivity index (χ3v) is 3.94. The normalized spacial score (nSPS) is 20.2. The minimum absolute atomic E-state index is 1.03. The van der Waals surface area contributed by atoms with Gasteiger partial charge in [-0.3, -0.25) is 0 Å². The highest BCUT2D eigenvalue weighted by Crippen LogP contribution is 2.36. The highest BCUT2D eigenvalue weighted by Gasteiger charge is 2.13. The lowest BCUT2D eigenvalue weighted by atomic mass is 10.0. The Balaban J connectivity index is 2.08. The molecule has 0 aliphatic carbocycles. The first-order valence-electron chi connectivity index (χ1n) is 6.58. The molecule has 2 nitrogen and oxygen atoms in total. The Hall–Kier alpha value is -2.39. The van der Waals surface area contributed by atoms with Crippen LogP contribution >= 0.6 is 11.8 Å². The minimum Gasteiger partial charge on any atom is -0.473 e. The van der Waals surface area contributed by atoms with Crippen LogP contribution in [0.3, 0.4) is 0 Å². The summed E-state index contributed by atoms with van der Waals surface area (Å²) in [6.45, 7) is 0. The van der Waals surface area contributed by atoms with Gasteiger partial charge in [0.2, 0.25) is 0 Å². The molecule has 0 radical (unpaired) electrons. The number of ether oxygens (including phenoxy) is 2. The maximum atomic E-state index is 5.38. The summed E-state index contributed by atoms with van der Waals surface area (Å²) < 4.78 is 10.6. The lowest BCUT2D eigenvalue weighted by molar-refractivity contribution is 0.401. The summed E-state index contributed by atoms with van der Waals surface area (Å²) in [7, 11) is 0. The Morgan fingerprint density at radius 2 is 1.62 bits per heavy atom. The first-order valence-corrected chi connectivity index (χ1v) is 7.46. The molecule has 0 bridgehead atoms. The highest BCUT2D eigenvalue weighted by molar-refractivity contribution is 8.06. The quantitative estimate of drug-likeness (QED) is 0.712. The van der Waals surface area contributed by atoms with Crippen molar-refractivity contribution in [3.8, 4) is 0 Å². The molecule has 0 unspecified atom stereocenters. The Kier molecular flexibility index (Phi) is 4.44. The molecular weight excluding hydrogens is 280 g/mol. The van der Waals surface area contributed by atoms with Crippen molar-refractivity contribution < 1.29 is 9.47 Å². The van der Waals surface area contributed by atoms with Crippen molar-refractivity contribution in [1.82, 2.24) is 0 Å². The van der Waals surface area contributed by atoms with Gasteiger partial charge in [-0.1, -0.05) is 48.2 Å². The van der Waals surface area contributed by atoms with Crippen molar-refractivity contribution in [2.45, 2.75) is 0 Å². The van der Waals surface area contributed by atoms with E-state index in [-0.39, 0.29) is 0 Å². The summed E-state index contributed by atoms with van der Waals surface area (Å²) in [5.41, 5.74) is 3.26. The molecule has 3 aliphatic rings. The van der Waals surface area contributed by atoms with Gasteiger partial charge in [0.25, 0.3) is 0 Å². The second kappa shape index (κ2) is 6.86. The molecule has 104 valence electrons. The van der Waals surface area contributed by atoms with Crippen molar-refractivity contribution in [3.63, 3.8) is 0 Å². The molecule has 3 heterocycles. The molecule has 0 spiro atoms. The molecule has 0 fully saturated rings. The fourth-order valence-electron chi connectivity index (χ4n) is 2.00. The van der Waals surface area contributed by atoms with Crippen LogP contribution in [0, 0.1) is 0 Å². The molecule has 3 rings (SSSR count). The summed E-state index contributed by atoms with van der Waals surface area (Å²) in [6, 6.07) is 0. The summed E-state index contributed by atoms with van der Waals surface area (Å²) >= 11 is 1.69. The van der Waals surface area contributed by atoms with Crippen molar-refractivity contribution in [2.75, 3.05) is 0 Å². The maximum Gasteiger partial charge on any atom is 0.0980 e. The third kappa shape index (κ3) is 3.38. The van der Waals surface area contributed by atoms with E-state index in [0.717, 1.165) is 21.6 Å². The Bertz CT molecular complexity index is 680. The zero-order chi connectivity index (χ0) is 14.3. The largest absolute Gasteiger partial charge is 0.473 e. The summed E-state index contributed by atoms with van der Waals surface area (Å²) in [5.74, 6) is 0. The summed E-state index contributed by atoms with van der Waals surface area (Å²) in [4.78, 5) is 1.16. The van der Waals surface area contributed by atoms with Crippen LogP contribution in [-0.2, 0) is 9.47 Å². The molecule has 3 aliphatic heterocycles. The van der Waals surface area contributed by atoms with Crippen molar-refractivity contribution in [2.24, 2.45) is 0 Å². The molecule has 0 amide bonds. The summed E-state index contributed by atoms with van der Waals surface area (Å²) in [5, 5.41) is 2.07. The van der Waals surface area contributed by atoms with E-state index in [2.05, 4.69) is 11.5 Å². The van der Waals surface area contributed by atoms with E-state index < -0.39 is 0 Å². The van der Waals surface area contributed by atoms with Crippen LogP contribution in [0.2, 0.25) is 0 Å². The van der Waals surface area contributed by atoms with Crippen LogP contribution in [0.1, 0.15) is 0 Å². The van der Waals surface area contributed by atoms with Crippen LogP contribution < -0.4 is 0 Å². The first kappa shape index (κ1) is 13.6. The number of allylic oxidation sites excluding steroid dienone is 12. The van der Waals surface area contributed by atoms with Crippen molar-refractivity contribution >= 4 is 11.8 Å². The van der Waals surface area contributed by atoms with Crippen molar-refractivity contribution in [3.05, 3.63) is 107 Å². The van der Waals surface area contributed by atoms with Crippen LogP contribution in [0.4, 0.5) is 0 Å². The number of thioether (sulfide) groups is 1. The third-order valence-electron chi connectivity index (χ3n) is 2.95. The van der Waals surface area contributed by atoms with Gasteiger partial charge >= 0.3 is 0 Å². The van der Waals surface area contributed by atoms with Crippen LogP contribution in [-0.4, -0.2) is 0 Å². The van der Waals surface area contributed by atoms with Crippen LogP contribution in [0.15, 0.2) is 107 Å². The second-order valence-electron chi connectivity index (χ2n) is 4.33. The molecule has 0 N–H and O–H groups in total. The van der Waals surface area contributed by atoms with Gasteiger partial charge in [-0.05, 0) is 34.8 Å². The van der Waals surface area contributed by atoms with Gasteiger partial charge in [0.1, 0.15) is 0 Å². The minimum atomic E-state index is 1.03. The van der Waals surface area contributed by atoms with Gasteiger partial charge in [0.15, 0.2) is 0 Å². The van der Waals surface area contributed by atoms with E-state index in [1.165, 1.54) is 0 Å². The smallest absolute Gasteiger partial charge is 0.0980 e. The number of hydrogen-bond donors (Lipinski definition) is 0. The van der Waals surface area contributed by atoms with E-state index in [1.54, 1.807) is 36.8 Å². The standard InChI is InChI=1S/C18H14O2S/c1-3-10-20-14-16(6-1)17-8-2-4-13-21-18(17)15-7-5-11-19-12-9-15/h1-14H. The molecule has 0 aromatic carbocycles. The van der Waals surface area contributed by atoms with E-state index in [4.69, 9.17) is 9.47 Å². The zero-order valence-corrected chi connectivity index (χ0v) is 12.1. The molecule has 0 aromatic rings. The van der Waals surface area contributed by atoms with Crippen LogP contribution in [0.25, 0.3) is 0 Å². The van der Waals surface area contributed by atoms with Crippen molar-refractivity contribution in [1.29, 1.82) is 0 Å². The molecule has 0 aromatic heterocycles. The predicted molar refractivity (Wildman–Crippen MR) is 87.8 cm³/mol. The molecular formula is C18H14O2S. The van der Waals surface area contributed by atoms with Gasteiger partial charge < -0.3 is 9.47 Å². The SMILES string of the molecule is C1=COC=CC(C2=C(C3=COC=CC=C3)C=CC=CS2)=C1. The van der Waals surface area contributed by atoms with Gasteiger partial charge in [-0.15, -0.1) is 0 Å². The second-order valence-corrected chi connectivity index (χ2v) is 5.25. The van der Waals surface area contributed by atoms with Gasteiger partial charge in [-0.2, -0.15) is 0 Å². The Labute approximate surface area is 128 Å². The number of rotatable bonds is 2. The molecule has 3 heteroatoms.